The Morgan fingerprint density at radius 3 is 2.60 bits per heavy atom. The van der Waals surface area contributed by atoms with E-state index in [9.17, 15) is 4.79 Å². The molecule has 1 N–H and O–H groups in total. The molecule has 1 aromatic carbocycles. The smallest absolute Gasteiger partial charge is 0.224 e. The standard InChI is InChI=1S/C21H31N3O/c1-2-23-9-11-24(12-10-23)20-6-4-3-5-19(20)22-21(25)15-18-14-16-7-8-17(18)13-16/h3-6,16-18H,2,7-15H2,1H3,(H,22,25). The predicted molar refractivity (Wildman–Crippen MR) is 103 cm³/mol. The molecule has 4 rings (SSSR count). The molecule has 136 valence electrons. The number of rotatable bonds is 5. The second-order valence-corrected chi connectivity index (χ2v) is 8.13. The number of amides is 1. The first-order valence-electron chi connectivity index (χ1n) is 10.1. The third-order valence-electron chi connectivity index (χ3n) is 6.67. The molecule has 1 aromatic rings. The number of carbonyl (C=O) groups is 1. The Morgan fingerprint density at radius 1 is 1.12 bits per heavy atom. The van der Waals surface area contributed by atoms with Crippen LogP contribution in [-0.2, 0) is 4.79 Å². The minimum Gasteiger partial charge on any atom is -0.367 e. The molecule has 3 aliphatic rings. The van der Waals surface area contributed by atoms with Crippen LogP contribution in [0.5, 0.6) is 0 Å². The lowest BCUT2D eigenvalue weighted by atomic mass is 9.86. The van der Waals surface area contributed by atoms with Crippen molar-refractivity contribution < 1.29 is 4.79 Å². The van der Waals surface area contributed by atoms with Crippen molar-refractivity contribution in [1.29, 1.82) is 0 Å². The number of nitrogens with zero attached hydrogens (tertiary/aromatic N) is 2. The van der Waals surface area contributed by atoms with Crippen LogP contribution >= 0.6 is 0 Å². The zero-order valence-corrected chi connectivity index (χ0v) is 15.4. The van der Waals surface area contributed by atoms with Crippen LogP contribution in [0, 0.1) is 17.8 Å². The molecular formula is C21H31N3O. The summed E-state index contributed by atoms with van der Waals surface area (Å²) in [4.78, 5) is 17.5. The summed E-state index contributed by atoms with van der Waals surface area (Å²) in [5.74, 6) is 2.55. The van der Waals surface area contributed by atoms with E-state index in [-0.39, 0.29) is 5.91 Å². The van der Waals surface area contributed by atoms with Gasteiger partial charge in [-0.2, -0.15) is 0 Å². The summed E-state index contributed by atoms with van der Waals surface area (Å²) in [5, 5.41) is 3.23. The fourth-order valence-corrected chi connectivity index (χ4v) is 5.23. The summed E-state index contributed by atoms with van der Waals surface area (Å²) in [6.07, 6.45) is 6.10. The third-order valence-corrected chi connectivity index (χ3v) is 6.67. The van der Waals surface area contributed by atoms with Gasteiger partial charge in [0.2, 0.25) is 5.91 Å². The number of benzene rings is 1. The highest BCUT2D eigenvalue weighted by Crippen LogP contribution is 2.49. The molecule has 1 aliphatic heterocycles. The summed E-state index contributed by atoms with van der Waals surface area (Å²) < 4.78 is 0. The molecular weight excluding hydrogens is 310 g/mol. The molecule has 1 saturated heterocycles. The molecule has 3 atom stereocenters. The molecule has 3 unspecified atom stereocenters. The number of nitrogens with one attached hydrogen (secondary N) is 1. The number of likely N-dealkylation sites (N-methyl/N-ethyl adjacent to an activating group) is 1. The maximum absolute atomic E-state index is 12.6. The Morgan fingerprint density at radius 2 is 1.92 bits per heavy atom. The maximum atomic E-state index is 12.6. The van der Waals surface area contributed by atoms with E-state index < -0.39 is 0 Å². The summed E-state index contributed by atoms with van der Waals surface area (Å²) >= 11 is 0. The lowest BCUT2D eigenvalue weighted by molar-refractivity contribution is -0.117. The first-order chi connectivity index (χ1) is 12.2. The highest BCUT2D eigenvalue weighted by atomic mass is 16.1. The summed E-state index contributed by atoms with van der Waals surface area (Å²) in [6, 6.07) is 8.31. The van der Waals surface area contributed by atoms with Crippen LogP contribution in [0.3, 0.4) is 0 Å². The Bertz CT molecular complexity index is 609. The molecule has 2 saturated carbocycles. The van der Waals surface area contributed by atoms with Crippen LogP contribution in [0.1, 0.15) is 39.0 Å². The van der Waals surface area contributed by atoms with Crippen molar-refractivity contribution in [3.05, 3.63) is 24.3 Å². The number of para-hydroxylation sites is 2. The van der Waals surface area contributed by atoms with Gasteiger partial charge >= 0.3 is 0 Å². The zero-order chi connectivity index (χ0) is 17.2. The van der Waals surface area contributed by atoms with E-state index in [0.717, 1.165) is 50.2 Å². The van der Waals surface area contributed by atoms with Crippen LogP contribution < -0.4 is 10.2 Å². The van der Waals surface area contributed by atoms with E-state index in [1.807, 2.05) is 6.07 Å². The van der Waals surface area contributed by atoms with E-state index in [4.69, 9.17) is 0 Å². The molecule has 2 bridgehead atoms. The van der Waals surface area contributed by atoms with Crippen LogP contribution in [0.2, 0.25) is 0 Å². The van der Waals surface area contributed by atoms with Gasteiger partial charge in [-0.3, -0.25) is 4.79 Å². The molecule has 3 fully saturated rings. The minimum atomic E-state index is 0.206. The average molecular weight is 341 g/mol. The summed E-state index contributed by atoms with van der Waals surface area (Å²) in [5.41, 5.74) is 2.17. The molecule has 4 nitrogen and oxygen atoms in total. The molecule has 0 spiro atoms. The highest BCUT2D eigenvalue weighted by Gasteiger charge is 2.40. The van der Waals surface area contributed by atoms with Crippen LogP contribution in [0.15, 0.2) is 24.3 Å². The second-order valence-electron chi connectivity index (χ2n) is 8.13. The SMILES string of the molecule is CCN1CCN(c2ccccc2NC(=O)CC2CC3CCC2C3)CC1. The average Bonchev–Trinajstić information content (AvgIpc) is 3.25. The largest absolute Gasteiger partial charge is 0.367 e. The Kier molecular flexibility index (Phi) is 4.98. The predicted octanol–water partition coefficient (Wildman–Crippen LogP) is 3.59. The number of fused-ring (bicyclic) bond motifs is 2. The normalized spacial score (nSPS) is 29.2. The van der Waals surface area contributed by atoms with Crippen molar-refractivity contribution in [1.82, 2.24) is 4.90 Å². The van der Waals surface area contributed by atoms with Gasteiger partial charge in [0.1, 0.15) is 0 Å². The maximum Gasteiger partial charge on any atom is 0.224 e. The van der Waals surface area contributed by atoms with Gasteiger partial charge in [-0.15, -0.1) is 0 Å². The zero-order valence-electron chi connectivity index (χ0n) is 15.4. The van der Waals surface area contributed by atoms with E-state index in [1.54, 1.807) is 0 Å². The van der Waals surface area contributed by atoms with Crippen LogP contribution in [0.4, 0.5) is 11.4 Å². The number of carbonyl (C=O) groups excluding carboxylic acids is 1. The first kappa shape index (κ1) is 16.9. The van der Waals surface area contributed by atoms with Gasteiger partial charge in [0, 0.05) is 32.6 Å². The molecule has 1 heterocycles. The van der Waals surface area contributed by atoms with Gasteiger partial charge < -0.3 is 15.1 Å². The number of anilines is 2. The molecule has 25 heavy (non-hydrogen) atoms. The van der Waals surface area contributed by atoms with E-state index in [0.29, 0.717) is 12.3 Å². The van der Waals surface area contributed by atoms with Crippen molar-refractivity contribution in [2.24, 2.45) is 17.8 Å². The molecule has 0 radical (unpaired) electrons. The molecule has 2 aliphatic carbocycles. The Balaban J connectivity index is 1.38. The van der Waals surface area contributed by atoms with Crippen LogP contribution in [0.25, 0.3) is 0 Å². The topological polar surface area (TPSA) is 35.6 Å². The molecule has 1 amide bonds. The Hall–Kier alpha value is -1.55. The lowest BCUT2D eigenvalue weighted by Crippen LogP contribution is -2.46. The fraction of sp³-hybridized carbons (Fsp3) is 0.667. The number of hydrogen-bond donors (Lipinski definition) is 1. The monoisotopic (exact) mass is 341 g/mol. The first-order valence-corrected chi connectivity index (χ1v) is 10.1. The summed E-state index contributed by atoms with van der Waals surface area (Å²) in [7, 11) is 0. The minimum absolute atomic E-state index is 0.206. The number of hydrogen-bond acceptors (Lipinski definition) is 3. The van der Waals surface area contributed by atoms with Crippen molar-refractivity contribution in [2.45, 2.75) is 39.0 Å². The van der Waals surface area contributed by atoms with Crippen molar-refractivity contribution in [3.63, 3.8) is 0 Å². The molecule has 0 aromatic heterocycles. The second kappa shape index (κ2) is 7.36. The fourth-order valence-electron chi connectivity index (χ4n) is 5.23. The van der Waals surface area contributed by atoms with Gasteiger partial charge in [-0.05, 0) is 55.7 Å². The van der Waals surface area contributed by atoms with Crippen molar-refractivity contribution in [2.75, 3.05) is 42.9 Å². The van der Waals surface area contributed by atoms with Crippen LogP contribution in [-0.4, -0.2) is 43.5 Å². The van der Waals surface area contributed by atoms with Gasteiger partial charge in [-0.1, -0.05) is 25.5 Å². The van der Waals surface area contributed by atoms with E-state index in [2.05, 4.69) is 40.2 Å². The van der Waals surface area contributed by atoms with Gasteiger partial charge in [0.15, 0.2) is 0 Å². The van der Waals surface area contributed by atoms with Crippen molar-refractivity contribution >= 4 is 17.3 Å². The van der Waals surface area contributed by atoms with Gasteiger partial charge in [0.25, 0.3) is 0 Å². The van der Waals surface area contributed by atoms with Gasteiger partial charge in [0.05, 0.1) is 11.4 Å². The van der Waals surface area contributed by atoms with E-state index >= 15 is 0 Å². The quantitative estimate of drug-likeness (QED) is 0.889. The number of piperazine rings is 1. The highest BCUT2D eigenvalue weighted by molar-refractivity contribution is 5.94. The summed E-state index contributed by atoms with van der Waals surface area (Å²) in [6.45, 7) is 7.61. The lowest BCUT2D eigenvalue weighted by Gasteiger charge is -2.36. The van der Waals surface area contributed by atoms with E-state index in [1.165, 1.54) is 31.4 Å². The Labute approximate surface area is 151 Å². The molecule has 4 heteroatoms. The van der Waals surface area contributed by atoms with Crippen molar-refractivity contribution in [3.8, 4) is 0 Å². The third kappa shape index (κ3) is 3.69. The van der Waals surface area contributed by atoms with Gasteiger partial charge in [-0.25, -0.2) is 0 Å².